The van der Waals surface area contributed by atoms with Crippen LogP contribution in [0.2, 0.25) is 0 Å². The van der Waals surface area contributed by atoms with Crippen LogP contribution in [0.25, 0.3) is 0 Å². The maximum absolute atomic E-state index is 11.9. The molecule has 1 fully saturated rings. The maximum Gasteiger partial charge on any atom is 0.238 e. The van der Waals surface area contributed by atoms with Crippen molar-refractivity contribution in [2.75, 3.05) is 33.9 Å². The highest BCUT2D eigenvalue weighted by molar-refractivity contribution is 7.10. The van der Waals surface area contributed by atoms with Crippen LogP contribution in [-0.4, -0.2) is 50.8 Å². The SMILES string of the molecule is COCC(CN1C(=O)CNC1c1cccs1)OC. The summed E-state index contributed by atoms with van der Waals surface area (Å²) in [6.45, 7) is 1.40. The number of thiophene rings is 1. The van der Waals surface area contributed by atoms with Crippen molar-refractivity contribution in [1.29, 1.82) is 0 Å². The number of nitrogens with zero attached hydrogens (tertiary/aromatic N) is 1. The Kier molecular flexibility index (Phi) is 4.71. The minimum Gasteiger partial charge on any atom is -0.382 e. The zero-order valence-corrected chi connectivity index (χ0v) is 11.4. The Bertz CT molecular complexity index is 383. The first kappa shape index (κ1) is 13.5. The summed E-state index contributed by atoms with van der Waals surface area (Å²) in [6, 6.07) is 4.03. The predicted octanol–water partition coefficient (Wildman–Crippen LogP) is 0.840. The smallest absolute Gasteiger partial charge is 0.238 e. The molecule has 0 saturated carbocycles. The number of nitrogens with one attached hydrogen (secondary N) is 1. The van der Waals surface area contributed by atoms with Crippen LogP contribution < -0.4 is 5.32 Å². The molecule has 0 spiro atoms. The van der Waals surface area contributed by atoms with Crippen molar-refractivity contribution in [2.45, 2.75) is 12.3 Å². The third-order valence-corrected chi connectivity index (χ3v) is 3.90. The Morgan fingerprint density at radius 1 is 1.61 bits per heavy atom. The lowest BCUT2D eigenvalue weighted by Crippen LogP contribution is -2.39. The van der Waals surface area contributed by atoms with E-state index in [0.29, 0.717) is 19.7 Å². The highest BCUT2D eigenvalue weighted by atomic mass is 32.1. The van der Waals surface area contributed by atoms with Crippen LogP contribution in [-0.2, 0) is 14.3 Å². The molecule has 100 valence electrons. The molecule has 5 nitrogen and oxygen atoms in total. The first-order chi connectivity index (χ1) is 8.76. The molecule has 18 heavy (non-hydrogen) atoms. The number of rotatable bonds is 6. The molecule has 0 aromatic carbocycles. The van der Waals surface area contributed by atoms with Crippen LogP contribution in [0.15, 0.2) is 17.5 Å². The summed E-state index contributed by atoms with van der Waals surface area (Å²) in [6.07, 6.45) is -0.131. The van der Waals surface area contributed by atoms with Crippen molar-refractivity contribution >= 4 is 17.2 Å². The molecule has 0 radical (unpaired) electrons. The van der Waals surface area contributed by atoms with E-state index in [-0.39, 0.29) is 18.2 Å². The largest absolute Gasteiger partial charge is 0.382 e. The molecule has 2 atom stereocenters. The van der Waals surface area contributed by atoms with Crippen LogP contribution in [0.1, 0.15) is 11.0 Å². The Labute approximate surface area is 111 Å². The number of carbonyl (C=O) groups excluding carboxylic acids is 1. The fourth-order valence-corrected chi connectivity index (χ4v) is 2.86. The average molecular weight is 270 g/mol. The standard InChI is InChI=1S/C12H18N2O3S/c1-16-8-9(17-2)7-14-11(15)6-13-12(14)10-4-3-5-18-10/h3-5,9,12-13H,6-8H2,1-2H3. The molecule has 0 bridgehead atoms. The third kappa shape index (κ3) is 2.89. The van der Waals surface area contributed by atoms with Gasteiger partial charge in [-0.05, 0) is 11.4 Å². The predicted molar refractivity (Wildman–Crippen MR) is 69.4 cm³/mol. The summed E-state index contributed by atoms with van der Waals surface area (Å²) in [7, 11) is 3.27. The fourth-order valence-electron chi connectivity index (χ4n) is 2.05. The van der Waals surface area contributed by atoms with Gasteiger partial charge in [0.2, 0.25) is 5.91 Å². The average Bonchev–Trinajstić information content (AvgIpc) is 2.99. The van der Waals surface area contributed by atoms with E-state index in [4.69, 9.17) is 9.47 Å². The molecule has 1 aromatic rings. The highest BCUT2D eigenvalue weighted by Crippen LogP contribution is 2.26. The van der Waals surface area contributed by atoms with Gasteiger partial charge in [-0.15, -0.1) is 11.3 Å². The van der Waals surface area contributed by atoms with Gasteiger partial charge in [0, 0.05) is 19.1 Å². The lowest BCUT2D eigenvalue weighted by atomic mass is 10.3. The van der Waals surface area contributed by atoms with Crippen molar-refractivity contribution in [3.05, 3.63) is 22.4 Å². The second-order valence-corrected chi connectivity index (χ2v) is 5.14. The van der Waals surface area contributed by atoms with E-state index in [1.165, 1.54) is 0 Å². The summed E-state index contributed by atoms with van der Waals surface area (Å²) >= 11 is 1.65. The number of hydrogen-bond donors (Lipinski definition) is 1. The summed E-state index contributed by atoms with van der Waals surface area (Å²) in [5.74, 6) is 0.103. The molecule has 6 heteroatoms. The highest BCUT2D eigenvalue weighted by Gasteiger charge is 2.33. The molecule has 1 saturated heterocycles. The van der Waals surface area contributed by atoms with Crippen LogP contribution in [0.5, 0.6) is 0 Å². The number of amides is 1. The molecule has 1 N–H and O–H groups in total. The van der Waals surface area contributed by atoms with Crippen LogP contribution in [0, 0.1) is 0 Å². The second kappa shape index (κ2) is 6.29. The van der Waals surface area contributed by atoms with Gasteiger partial charge in [0.15, 0.2) is 0 Å². The monoisotopic (exact) mass is 270 g/mol. The normalized spacial score (nSPS) is 21.6. The Hall–Kier alpha value is -0.950. The Morgan fingerprint density at radius 3 is 3.06 bits per heavy atom. The van der Waals surface area contributed by atoms with Crippen LogP contribution in [0.4, 0.5) is 0 Å². The number of carbonyl (C=O) groups is 1. The number of hydrogen-bond acceptors (Lipinski definition) is 5. The van der Waals surface area contributed by atoms with E-state index in [2.05, 4.69) is 5.32 Å². The van der Waals surface area contributed by atoms with Gasteiger partial charge in [-0.3, -0.25) is 10.1 Å². The molecular formula is C12H18N2O3S. The number of ether oxygens (including phenoxy) is 2. The first-order valence-electron chi connectivity index (χ1n) is 5.84. The minimum absolute atomic E-state index is 0.0352. The Morgan fingerprint density at radius 2 is 2.44 bits per heavy atom. The van der Waals surface area contributed by atoms with E-state index >= 15 is 0 Å². The summed E-state index contributed by atoms with van der Waals surface area (Å²) in [4.78, 5) is 14.9. The fraction of sp³-hybridized carbons (Fsp3) is 0.583. The minimum atomic E-state index is -0.0960. The second-order valence-electron chi connectivity index (χ2n) is 4.16. The Balaban J connectivity index is 2.05. The van der Waals surface area contributed by atoms with Crippen molar-refractivity contribution < 1.29 is 14.3 Å². The van der Waals surface area contributed by atoms with E-state index in [0.717, 1.165) is 4.88 Å². The molecule has 1 aliphatic rings. The van der Waals surface area contributed by atoms with Gasteiger partial charge in [0.25, 0.3) is 0 Å². The summed E-state index contributed by atoms with van der Waals surface area (Å²) in [5, 5.41) is 5.24. The van der Waals surface area contributed by atoms with Crippen molar-refractivity contribution in [2.24, 2.45) is 0 Å². The van der Waals surface area contributed by atoms with Gasteiger partial charge in [0.05, 0.1) is 25.8 Å². The van der Waals surface area contributed by atoms with Crippen molar-refractivity contribution in [1.82, 2.24) is 10.2 Å². The summed E-state index contributed by atoms with van der Waals surface area (Å²) < 4.78 is 10.4. The number of methoxy groups -OCH3 is 2. The zero-order chi connectivity index (χ0) is 13.0. The molecule has 1 aromatic heterocycles. The summed E-state index contributed by atoms with van der Waals surface area (Å²) in [5.41, 5.74) is 0. The molecule has 2 heterocycles. The first-order valence-corrected chi connectivity index (χ1v) is 6.72. The van der Waals surface area contributed by atoms with Gasteiger partial charge < -0.3 is 14.4 Å². The lowest BCUT2D eigenvalue weighted by molar-refractivity contribution is -0.130. The van der Waals surface area contributed by atoms with E-state index < -0.39 is 0 Å². The quantitative estimate of drug-likeness (QED) is 0.832. The van der Waals surface area contributed by atoms with Gasteiger partial charge in [-0.25, -0.2) is 0 Å². The molecular weight excluding hydrogens is 252 g/mol. The maximum atomic E-state index is 11.9. The van der Waals surface area contributed by atoms with Crippen LogP contribution in [0.3, 0.4) is 0 Å². The van der Waals surface area contributed by atoms with Gasteiger partial charge >= 0.3 is 0 Å². The van der Waals surface area contributed by atoms with Gasteiger partial charge in [-0.1, -0.05) is 6.07 Å². The van der Waals surface area contributed by atoms with E-state index in [1.54, 1.807) is 25.6 Å². The van der Waals surface area contributed by atoms with Gasteiger partial charge in [-0.2, -0.15) is 0 Å². The van der Waals surface area contributed by atoms with E-state index in [1.807, 2.05) is 22.4 Å². The molecule has 0 aliphatic carbocycles. The van der Waals surface area contributed by atoms with E-state index in [9.17, 15) is 4.79 Å². The molecule has 2 unspecified atom stereocenters. The molecule has 1 amide bonds. The zero-order valence-electron chi connectivity index (χ0n) is 10.6. The molecule has 1 aliphatic heterocycles. The molecule has 2 rings (SSSR count). The van der Waals surface area contributed by atoms with Crippen molar-refractivity contribution in [3.63, 3.8) is 0 Å². The van der Waals surface area contributed by atoms with Crippen LogP contribution >= 0.6 is 11.3 Å². The van der Waals surface area contributed by atoms with Crippen molar-refractivity contribution in [3.8, 4) is 0 Å². The van der Waals surface area contributed by atoms with Gasteiger partial charge in [0.1, 0.15) is 6.17 Å². The lowest BCUT2D eigenvalue weighted by Gasteiger charge is -2.27. The topological polar surface area (TPSA) is 50.8 Å². The third-order valence-electron chi connectivity index (χ3n) is 2.98.